The van der Waals surface area contributed by atoms with Gasteiger partial charge >= 0.3 is 0 Å². The second-order valence-electron chi connectivity index (χ2n) is 12.7. The summed E-state index contributed by atoms with van der Waals surface area (Å²) in [5.74, 6) is -0.504. The second-order valence-corrected chi connectivity index (χ2v) is 12.7. The van der Waals surface area contributed by atoms with Gasteiger partial charge in [0.2, 0.25) is 5.78 Å². The first-order valence-corrected chi connectivity index (χ1v) is 17.2. The fraction of sp³-hybridized carbons (Fsp3) is 0.757. The lowest BCUT2D eigenvalue weighted by atomic mass is 9.76. The van der Waals surface area contributed by atoms with E-state index in [1.54, 1.807) is 12.2 Å². The molecule has 0 aromatic heterocycles. The van der Waals surface area contributed by atoms with Crippen molar-refractivity contribution in [3.8, 4) is 0 Å². The predicted octanol–water partition coefficient (Wildman–Crippen LogP) is 10.4. The van der Waals surface area contributed by atoms with Gasteiger partial charge in [0.25, 0.3) is 0 Å². The van der Waals surface area contributed by atoms with Gasteiger partial charge in [0.15, 0.2) is 0 Å². The maximum Gasteiger partial charge on any atom is 0.204 e. The molecule has 3 heteroatoms. The van der Waals surface area contributed by atoms with Crippen molar-refractivity contribution in [1.82, 2.24) is 0 Å². The molecule has 0 spiro atoms. The number of ketones is 1. The van der Waals surface area contributed by atoms with Gasteiger partial charge in [-0.3, -0.25) is 4.79 Å². The molecule has 2 atom stereocenters. The van der Waals surface area contributed by atoms with Gasteiger partial charge in [-0.05, 0) is 37.8 Å². The van der Waals surface area contributed by atoms with Crippen LogP contribution in [-0.2, 0) is 4.79 Å². The first-order valence-electron chi connectivity index (χ1n) is 17.2. The normalized spacial score (nSPS) is 22.4. The van der Waals surface area contributed by atoms with Crippen LogP contribution < -0.4 is 0 Å². The van der Waals surface area contributed by atoms with Gasteiger partial charge < -0.3 is 10.2 Å². The monoisotopic (exact) mass is 554 g/mol. The minimum atomic E-state index is -1.62. The summed E-state index contributed by atoms with van der Waals surface area (Å²) in [5.41, 5.74) is -0.853. The third-order valence-corrected chi connectivity index (χ3v) is 8.92. The molecule has 0 saturated heterocycles. The summed E-state index contributed by atoms with van der Waals surface area (Å²) < 4.78 is 0. The fourth-order valence-electron chi connectivity index (χ4n) is 6.05. The smallest absolute Gasteiger partial charge is 0.204 e. The Balaban J connectivity index is 1.60. The van der Waals surface area contributed by atoms with Gasteiger partial charge in [-0.25, -0.2) is 0 Å². The van der Waals surface area contributed by atoms with Crippen molar-refractivity contribution in [3.63, 3.8) is 0 Å². The summed E-state index contributed by atoms with van der Waals surface area (Å²) in [6, 6.07) is 0. The van der Waals surface area contributed by atoms with Crippen molar-refractivity contribution >= 4 is 5.78 Å². The minimum Gasteiger partial charge on any atom is -0.377 e. The van der Waals surface area contributed by atoms with E-state index in [-0.39, 0.29) is 12.8 Å². The summed E-state index contributed by atoms with van der Waals surface area (Å²) >= 11 is 0. The number of allylic oxidation sites excluding steroid dienone is 4. The van der Waals surface area contributed by atoms with E-state index >= 15 is 0 Å². The Kier molecular flexibility index (Phi) is 17.7. The van der Waals surface area contributed by atoms with E-state index in [1.165, 1.54) is 127 Å². The van der Waals surface area contributed by atoms with Crippen LogP contribution in [0.3, 0.4) is 0 Å². The summed E-state index contributed by atoms with van der Waals surface area (Å²) in [5, 5.41) is 22.2. The number of rotatable bonds is 24. The highest BCUT2D eigenvalue weighted by atomic mass is 16.3. The van der Waals surface area contributed by atoms with Crippen LogP contribution in [-0.4, -0.2) is 27.2 Å². The molecular formula is C37H62O3. The first-order chi connectivity index (χ1) is 19.4. The number of hydrogen-bond donors (Lipinski definition) is 2. The van der Waals surface area contributed by atoms with Crippen molar-refractivity contribution in [2.45, 2.75) is 179 Å². The van der Waals surface area contributed by atoms with E-state index in [9.17, 15) is 15.0 Å². The Morgan fingerprint density at radius 3 is 1.12 bits per heavy atom. The average Bonchev–Trinajstić information content (AvgIpc) is 2.96. The highest BCUT2D eigenvalue weighted by molar-refractivity contribution is 5.98. The van der Waals surface area contributed by atoms with Crippen LogP contribution in [0, 0.1) is 0 Å². The van der Waals surface area contributed by atoms with Crippen LogP contribution in [0.25, 0.3) is 0 Å². The maximum atomic E-state index is 13.2. The zero-order valence-electron chi connectivity index (χ0n) is 26.2. The average molecular weight is 555 g/mol. The molecule has 0 heterocycles. The topological polar surface area (TPSA) is 57.5 Å². The molecule has 0 saturated carbocycles. The Labute approximate surface area is 247 Å². The molecule has 2 N–H and O–H groups in total. The molecule has 2 rings (SSSR count). The maximum absolute atomic E-state index is 13.2. The minimum absolute atomic E-state index is 0.251. The third-order valence-electron chi connectivity index (χ3n) is 8.92. The van der Waals surface area contributed by atoms with Crippen LogP contribution in [0.15, 0.2) is 47.6 Å². The molecule has 0 aromatic rings. The van der Waals surface area contributed by atoms with Crippen LogP contribution in [0.2, 0.25) is 0 Å². The predicted molar refractivity (Wildman–Crippen MR) is 172 cm³/mol. The molecule has 3 nitrogen and oxygen atoms in total. The van der Waals surface area contributed by atoms with Crippen molar-refractivity contribution in [2.24, 2.45) is 0 Å². The first kappa shape index (κ1) is 34.7. The highest BCUT2D eigenvalue weighted by Gasteiger charge is 2.46. The van der Waals surface area contributed by atoms with E-state index in [4.69, 9.17) is 0 Å². The van der Waals surface area contributed by atoms with Gasteiger partial charge in [-0.2, -0.15) is 0 Å². The summed E-state index contributed by atoms with van der Waals surface area (Å²) in [4.78, 5) is 13.2. The van der Waals surface area contributed by atoms with Crippen LogP contribution in [0.5, 0.6) is 0 Å². The van der Waals surface area contributed by atoms with Crippen molar-refractivity contribution < 1.29 is 15.0 Å². The molecular weight excluding hydrogens is 492 g/mol. The van der Waals surface area contributed by atoms with Crippen LogP contribution in [0.4, 0.5) is 0 Å². The molecule has 2 unspecified atom stereocenters. The molecule has 0 bridgehead atoms. The zero-order valence-corrected chi connectivity index (χ0v) is 26.2. The van der Waals surface area contributed by atoms with Crippen molar-refractivity contribution in [1.29, 1.82) is 0 Å². The number of aliphatic hydroxyl groups is 2. The fourth-order valence-corrected chi connectivity index (χ4v) is 6.05. The van der Waals surface area contributed by atoms with Gasteiger partial charge in [0, 0.05) is 12.8 Å². The van der Waals surface area contributed by atoms with Crippen LogP contribution in [0.1, 0.15) is 168 Å². The molecule has 0 radical (unpaired) electrons. The molecule has 2 aliphatic rings. The highest BCUT2D eigenvalue weighted by Crippen LogP contribution is 2.33. The zero-order chi connectivity index (χ0) is 28.9. The number of hydrogen-bond acceptors (Lipinski definition) is 3. The molecule has 0 aliphatic heterocycles. The summed E-state index contributed by atoms with van der Waals surface area (Å²) in [7, 11) is 0. The largest absolute Gasteiger partial charge is 0.377 e. The van der Waals surface area contributed by atoms with E-state index in [0.717, 1.165) is 25.7 Å². The van der Waals surface area contributed by atoms with E-state index < -0.39 is 17.0 Å². The summed E-state index contributed by atoms with van der Waals surface area (Å²) in [6.45, 7) is 4.53. The lowest BCUT2D eigenvalue weighted by Crippen LogP contribution is -2.51. The number of unbranched alkanes of at least 4 members (excludes halogenated alkanes) is 18. The Hall–Kier alpha value is -1.45. The number of carbonyl (C=O) groups is 1. The summed E-state index contributed by atoms with van der Waals surface area (Å²) in [6.07, 6.45) is 39.9. The standard InChI is InChI=1S/C37H62O3/c1-3-5-7-9-11-13-15-17-19-21-23-33-25-29-36(39,30-26-33)35(38)37(40)31-27-34(28-32-37)24-22-20-18-16-14-12-10-8-6-4-2/h25-29,31,39-40H,3-24,30,32H2,1-2H3. The van der Waals surface area contributed by atoms with Gasteiger partial charge in [-0.15, -0.1) is 0 Å². The van der Waals surface area contributed by atoms with E-state index in [2.05, 4.69) is 13.8 Å². The lowest BCUT2D eigenvalue weighted by molar-refractivity contribution is -0.147. The van der Waals surface area contributed by atoms with E-state index in [1.807, 2.05) is 24.3 Å². The molecule has 0 amide bonds. The van der Waals surface area contributed by atoms with Crippen LogP contribution >= 0.6 is 0 Å². The Morgan fingerprint density at radius 2 is 0.850 bits per heavy atom. The Morgan fingerprint density at radius 1 is 0.550 bits per heavy atom. The molecule has 0 fully saturated rings. The molecule has 2 aliphatic carbocycles. The third kappa shape index (κ3) is 13.5. The van der Waals surface area contributed by atoms with Gasteiger partial charge in [0.05, 0.1) is 0 Å². The Bertz CT molecular complexity index is 753. The van der Waals surface area contributed by atoms with E-state index in [0.29, 0.717) is 0 Å². The van der Waals surface area contributed by atoms with Gasteiger partial charge in [0.1, 0.15) is 11.2 Å². The van der Waals surface area contributed by atoms with Crippen molar-refractivity contribution in [2.75, 3.05) is 0 Å². The second kappa shape index (κ2) is 20.4. The number of carbonyl (C=O) groups excluding carboxylic acids is 1. The number of Topliss-reactive ketones (excluding diaryl/α,β-unsaturated/α-hetero) is 1. The SMILES string of the molecule is CCCCCCCCCCCCC1=CCC(O)(C(=O)C2(O)C=CC(CCCCCCCCCCCC)=CC2)C=C1. The molecule has 0 aromatic carbocycles. The van der Waals surface area contributed by atoms with Crippen molar-refractivity contribution in [3.05, 3.63) is 47.6 Å². The van der Waals surface area contributed by atoms with Gasteiger partial charge in [-0.1, -0.05) is 165 Å². The quantitative estimate of drug-likeness (QED) is 0.117. The molecule has 228 valence electrons. The lowest BCUT2D eigenvalue weighted by Gasteiger charge is -2.34. The molecule has 40 heavy (non-hydrogen) atoms.